The minimum absolute atomic E-state index is 0.0733. The number of nitrogens with one attached hydrogen (secondary N) is 1. The molecule has 0 fully saturated rings. The Bertz CT molecular complexity index is 940. The summed E-state index contributed by atoms with van der Waals surface area (Å²) in [7, 11) is 1.64. The summed E-state index contributed by atoms with van der Waals surface area (Å²) >= 11 is 1.40. The molecule has 168 valence electrons. The van der Waals surface area contributed by atoms with Crippen LogP contribution < -0.4 is 5.32 Å². The molecule has 0 atom stereocenters. The molecule has 0 aliphatic carbocycles. The number of hydrogen-bond donors (Lipinski definition) is 2. The zero-order valence-electron chi connectivity index (χ0n) is 19.6. The topological polar surface area (TPSA) is 78.8 Å². The Morgan fingerprint density at radius 2 is 1.68 bits per heavy atom. The van der Waals surface area contributed by atoms with Crippen LogP contribution in [0.2, 0.25) is 0 Å². The van der Waals surface area contributed by atoms with Gasteiger partial charge < -0.3 is 15.4 Å². The number of aliphatic imine (C=N–C) groups is 1. The number of carbonyl (C=O) groups is 2. The van der Waals surface area contributed by atoms with Crippen LogP contribution >= 0.6 is 11.3 Å². The lowest BCUT2D eigenvalue weighted by Crippen LogP contribution is -2.13. The molecule has 0 saturated heterocycles. The van der Waals surface area contributed by atoms with Crippen LogP contribution in [-0.4, -0.2) is 30.7 Å². The molecule has 1 aromatic carbocycles. The lowest BCUT2D eigenvalue weighted by Gasteiger charge is -2.09. The van der Waals surface area contributed by atoms with Gasteiger partial charge in [-0.05, 0) is 69.3 Å². The highest BCUT2D eigenvalue weighted by atomic mass is 32.1. The van der Waals surface area contributed by atoms with Crippen molar-refractivity contribution in [1.82, 2.24) is 0 Å². The number of anilines is 1. The Hall–Kier alpha value is -2.99. The highest BCUT2D eigenvalue weighted by Crippen LogP contribution is 2.32. The lowest BCUT2D eigenvalue weighted by atomic mass is 9.99. The molecule has 2 N–H and O–H groups in total. The predicted molar refractivity (Wildman–Crippen MR) is 135 cm³/mol. The first kappa shape index (κ1) is 28.0. The zero-order valence-corrected chi connectivity index (χ0v) is 20.4. The largest absolute Gasteiger partial charge is 0.478 e. The van der Waals surface area contributed by atoms with Gasteiger partial charge in [0.25, 0.3) is 5.91 Å². The number of carboxylic acid groups (broad SMARTS) is 1. The van der Waals surface area contributed by atoms with Gasteiger partial charge in [0.15, 0.2) is 0 Å². The highest BCUT2D eigenvalue weighted by molar-refractivity contribution is 7.15. The second-order valence-corrected chi connectivity index (χ2v) is 7.33. The molecule has 0 spiro atoms. The van der Waals surface area contributed by atoms with Crippen molar-refractivity contribution in [3.05, 3.63) is 68.9 Å². The van der Waals surface area contributed by atoms with Crippen LogP contribution in [0.5, 0.6) is 0 Å². The molecule has 1 aromatic heterocycles. The van der Waals surface area contributed by atoms with E-state index in [4.69, 9.17) is 0 Å². The predicted octanol–water partition coefficient (Wildman–Crippen LogP) is 7.19. The molecule has 0 aliphatic heterocycles. The number of nitrogens with zero attached hydrogens (tertiary/aromatic N) is 1. The summed E-state index contributed by atoms with van der Waals surface area (Å²) in [5.41, 5.74) is 4.03. The van der Waals surface area contributed by atoms with E-state index >= 15 is 0 Å². The number of carbonyl (C=O) groups excluding carboxylic acids is 1. The normalized spacial score (nSPS) is 11.1. The van der Waals surface area contributed by atoms with Gasteiger partial charge in [0.1, 0.15) is 0 Å². The number of benzene rings is 1. The van der Waals surface area contributed by atoms with Crippen molar-refractivity contribution in [3.8, 4) is 0 Å². The van der Waals surface area contributed by atoms with Crippen molar-refractivity contribution in [2.45, 2.75) is 48.0 Å². The van der Waals surface area contributed by atoms with Crippen LogP contribution in [-0.2, 0) is 0 Å². The van der Waals surface area contributed by atoms with Gasteiger partial charge in [0.2, 0.25) is 0 Å². The van der Waals surface area contributed by atoms with E-state index in [-0.39, 0.29) is 11.5 Å². The van der Waals surface area contributed by atoms with Gasteiger partial charge in [-0.2, -0.15) is 0 Å². The van der Waals surface area contributed by atoms with E-state index in [9.17, 15) is 14.7 Å². The smallest absolute Gasteiger partial charge is 0.337 e. The molecule has 6 heteroatoms. The van der Waals surface area contributed by atoms with E-state index in [1.807, 2.05) is 26.8 Å². The van der Waals surface area contributed by atoms with Crippen molar-refractivity contribution in [2.24, 2.45) is 4.99 Å². The van der Waals surface area contributed by atoms with Gasteiger partial charge in [-0.15, -0.1) is 11.3 Å². The van der Waals surface area contributed by atoms with E-state index in [1.54, 1.807) is 31.3 Å². The molecule has 0 saturated carbocycles. The number of amides is 1. The molecule has 0 radical (unpaired) electrons. The first-order valence-electron chi connectivity index (χ1n) is 10.2. The molecule has 1 amide bonds. The minimum atomic E-state index is -1.07. The summed E-state index contributed by atoms with van der Waals surface area (Å²) in [5, 5.41) is 11.9. The lowest BCUT2D eigenvalue weighted by molar-refractivity contribution is 0.0698. The average Bonchev–Trinajstić information content (AvgIpc) is 3.26. The fourth-order valence-electron chi connectivity index (χ4n) is 2.61. The fourth-order valence-corrected chi connectivity index (χ4v) is 3.64. The molecule has 0 unspecified atom stereocenters. The number of allylic oxidation sites excluding steroid dienone is 4. The quantitative estimate of drug-likeness (QED) is 0.367. The van der Waals surface area contributed by atoms with Gasteiger partial charge in [-0.3, -0.25) is 4.79 Å². The summed E-state index contributed by atoms with van der Waals surface area (Å²) in [4.78, 5) is 28.6. The van der Waals surface area contributed by atoms with Crippen LogP contribution in [0.15, 0.2) is 58.6 Å². The van der Waals surface area contributed by atoms with E-state index in [0.717, 1.165) is 16.9 Å². The van der Waals surface area contributed by atoms with E-state index in [2.05, 4.69) is 43.9 Å². The summed E-state index contributed by atoms with van der Waals surface area (Å²) in [6, 6.07) is 10.1. The second-order valence-electron chi connectivity index (χ2n) is 6.25. The number of hydrogen-bond acceptors (Lipinski definition) is 4. The van der Waals surface area contributed by atoms with Gasteiger partial charge in [-0.25, -0.2) is 4.79 Å². The summed E-state index contributed by atoms with van der Waals surface area (Å²) in [6.45, 7) is 15.4. The zero-order chi connectivity index (χ0) is 24.0. The summed E-state index contributed by atoms with van der Waals surface area (Å²) in [5.74, 6) is -1.38. The summed E-state index contributed by atoms with van der Waals surface area (Å²) in [6.07, 6.45) is 3.04. The number of thiophene rings is 1. The van der Waals surface area contributed by atoms with Crippen molar-refractivity contribution < 1.29 is 14.7 Å². The van der Waals surface area contributed by atoms with Crippen LogP contribution in [0.25, 0.3) is 5.57 Å². The second kappa shape index (κ2) is 14.9. The minimum Gasteiger partial charge on any atom is -0.478 e. The Morgan fingerprint density at radius 3 is 2.19 bits per heavy atom. The Kier molecular flexibility index (Phi) is 13.5. The molecule has 2 rings (SSSR count). The average molecular weight is 443 g/mol. The Balaban J connectivity index is 0.00000165. The third-order valence-corrected chi connectivity index (χ3v) is 5.48. The number of para-hydroxylation sites is 1. The van der Waals surface area contributed by atoms with Crippen molar-refractivity contribution >= 4 is 41.2 Å². The van der Waals surface area contributed by atoms with Gasteiger partial charge >= 0.3 is 5.97 Å². The molecule has 1 heterocycles. The third-order valence-electron chi connectivity index (χ3n) is 4.36. The van der Waals surface area contributed by atoms with Crippen LogP contribution in [0.4, 0.5) is 5.69 Å². The third kappa shape index (κ3) is 8.34. The number of aromatic carboxylic acids is 1. The highest BCUT2D eigenvalue weighted by Gasteiger charge is 2.16. The maximum absolute atomic E-state index is 12.5. The van der Waals surface area contributed by atoms with Crippen LogP contribution in [0.3, 0.4) is 0 Å². The van der Waals surface area contributed by atoms with Crippen molar-refractivity contribution in [1.29, 1.82) is 0 Å². The van der Waals surface area contributed by atoms with Gasteiger partial charge in [0, 0.05) is 11.9 Å². The molecule has 0 bridgehead atoms. The van der Waals surface area contributed by atoms with E-state index in [1.165, 1.54) is 28.5 Å². The fraction of sp³-hybridized carbons (Fsp3) is 0.320. The Labute approximate surface area is 190 Å². The van der Waals surface area contributed by atoms with E-state index in [0.29, 0.717) is 10.6 Å². The summed E-state index contributed by atoms with van der Waals surface area (Å²) < 4.78 is 0. The number of rotatable bonds is 6. The first-order chi connectivity index (χ1) is 14.8. The number of carboxylic acids is 1. The Morgan fingerprint density at radius 1 is 1.13 bits per heavy atom. The first-order valence-corrected chi connectivity index (χ1v) is 11.0. The van der Waals surface area contributed by atoms with E-state index < -0.39 is 5.97 Å². The monoisotopic (exact) mass is 442 g/mol. The van der Waals surface area contributed by atoms with Gasteiger partial charge in [-0.1, -0.05) is 44.6 Å². The molecular weight excluding hydrogens is 408 g/mol. The SMILES string of the molecule is C/C=C(\C(C)=C(/C)CC)c1ccc(C(=O)Nc2ccccc2C(=O)O)s1.C=NC.CC. The van der Waals surface area contributed by atoms with Gasteiger partial charge in [0.05, 0.1) is 16.1 Å². The van der Waals surface area contributed by atoms with Crippen molar-refractivity contribution in [2.75, 3.05) is 12.4 Å². The molecular formula is C25H34N2O3S. The van der Waals surface area contributed by atoms with Crippen molar-refractivity contribution in [3.63, 3.8) is 0 Å². The molecule has 0 aliphatic rings. The maximum atomic E-state index is 12.5. The molecule has 31 heavy (non-hydrogen) atoms. The molecule has 5 nitrogen and oxygen atoms in total. The van der Waals surface area contributed by atoms with Crippen LogP contribution in [0, 0.1) is 0 Å². The standard InChI is InChI=1S/C21H23NO3S.C2H5N.C2H6/c1-5-13(3)14(4)15(6-2)18-11-12-19(26-18)20(23)22-17-10-8-7-9-16(17)21(24)25;1-3-2;1-2/h6-12H,5H2,1-4H3,(H,22,23)(H,24,25);1H2,2H3;1-2H3/b14-13+,15-6+;;. The van der Waals surface area contributed by atoms with Crippen LogP contribution in [0.1, 0.15) is 72.9 Å². The maximum Gasteiger partial charge on any atom is 0.337 e. The molecule has 2 aromatic rings.